The third-order valence-electron chi connectivity index (χ3n) is 2.43. The molecule has 2 atom stereocenters. The first-order valence-electron chi connectivity index (χ1n) is 4.33. The van der Waals surface area contributed by atoms with Crippen LogP contribution in [0.5, 0.6) is 0 Å². The van der Waals surface area contributed by atoms with Gasteiger partial charge in [0.05, 0.1) is 0 Å². The molecular weight excluding hydrogens is 124 g/mol. The summed E-state index contributed by atoms with van der Waals surface area (Å²) in [5.41, 5.74) is 0. The third kappa shape index (κ3) is 3.89. The zero-order valence-corrected chi connectivity index (χ0v) is 7.43. The minimum atomic E-state index is 0.348. The second-order valence-electron chi connectivity index (χ2n) is 3.23. The molecule has 0 aromatic rings. The van der Waals surface area contributed by atoms with Gasteiger partial charge in [-0.2, -0.15) is 0 Å². The normalized spacial score (nSPS) is 16.8. The second-order valence-corrected chi connectivity index (χ2v) is 3.23. The van der Waals surface area contributed by atoms with Gasteiger partial charge in [-0.25, -0.2) is 0 Å². The number of aliphatic hydroxyl groups excluding tert-OH is 1. The van der Waals surface area contributed by atoms with Crippen molar-refractivity contribution in [2.45, 2.75) is 40.0 Å². The van der Waals surface area contributed by atoms with Gasteiger partial charge in [0.2, 0.25) is 0 Å². The molecule has 0 aliphatic carbocycles. The van der Waals surface area contributed by atoms with Crippen LogP contribution in [-0.2, 0) is 0 Å². The molecule has 0 saturated heterocycles. The zero-order chi connectivity index (χ0) is 7.98. The number of hydrogen-bond acceptors (Lipinski definition) is 1. The summed E-state index contributed by atoms with van der Waals surface area (Å²) in [7, 11) is 0. The molecule has 2 unspecified atom stereocenters. The molecule has 0 spiro atoms. The molecule has 0 saturated carbocycles. The molecule has 0 rings (SSSR count). The van der Waals surface area contributed by atoms with Gasteiger partial charge in [-0.3, -0.25) is 0 Å². The van der Waals surface area contributed by atoms with Crippen LogP contribution in [0.3, 0.4) is 0 Å². The summed E-state index contributed by atoms with van der Waals surface area (Å²) in [6, 6.07) is 0. The Morgan fingerprint density at radius 2 is 1.80 bits per heavy atom. The van der Waals surface area contributed by atoms with Gasteiger partial charge >= 0.3 is 0 Å². The van der Waals surface area contributed by atoms with Crippen molar-refractivity contribution < 1.29 is 5.11 Å². The molecule has 0 aromatic heterocycles. The summed E-state index contributed by atoms with van der Waals surface area (Å²) < 4.78 is 0. The summed E-state index contributed by atoms with van der Waals surface area (Å²) in [5, 5.41) is 8.57. The van der Waals surface area contributed by atoms with Crippen molar-refractivity contribution >= 4 is 0 Å². The van der Waals surface area contributed by atoms with Crippen LogP contribution in [0, 0.1) is 11.8 Å². The predicted octanol–water partition coefficient (Wildman–Crippen LogP) is 2.44. The largest absolute Gasteiger partial charge is 0.396 e. The minimum Gasteiger partial charge on any atom is -0.396 e. The van der Waals surface area contributed by atoms with E-state index in [1.807, 2.05) is 0 Å². The minimum absolute atomic E-state index is 0.348. The van der Waals surface area contributed by atoms with E-state index in [0.29, 0.717) is 6.61 Å². The molecular formula is C9H20O. The fourth-order valence-electron chi connectivity index (χ4n) is 1.10. The lowest BCUT2D eigenvalue weighted by Crippen LogP contribution is -2.07. The Kier molecular flexibility index (Phi) is 5.70. The van der Waals surface area contributed by atoms with Gasteiger partial charge in [-0.05, 0) is 24.7 Å². The monoisotopic (exact) mass is 144 g/mol. The molecule has 0 aromatic carbocycles. The van der Waals surface area contributed by atoms with Gasteiger partial charge in [0, 0.05) is 6.61 Å². The van der Waals surface area contributed by atoms with Gasteiger partial charge in [0.15, 0.2) is 0 Å². The van der Waals surface area contributed by atoms with Crippen molar-refractivity contribution in [3.63, 3.8) is 0 Å². The first-order chi connectivity index (χ1) is 4.72. The molecule has 62 valence electrons. The fraction of sp³-hybridized carbons (Fsp3) is 1.00. The summed E-state index contributed by atoms with van der Waals surface area (Å²) >= 11 is 0. The topological polar surface area (TPSA) is 20.2 Å². The quantitative estimate of drug-likeness (QED) is 0.628. The lowest BCUT2D eigenvalue weighted by atomic mass is 9.90. The SMILES string of the molecule is CCC(C)C(C)CCCO. The Morgan fingerprint density at radius 3 is 2.20 bits per heavy atom. The standard InChI is InChI=1S/C9H20O/c1-4-8(2)9(3)6-5-7-10/h8-10H,4-7H2,1-3H3. The van der Waals surface area contributed by atoms with E-state index < -0.39 is 0 Å². The van der Waals surface area contributed by atoms with E-state index in [4.69, 9.17) is 5.11 Å². The summed E-state index contributed by atoms with van der Waals surface area (Å²) in [5.74, 6) is 1.59. The lowest BCUT2D eigenvalue weighted by molar-refractivity contribution is 0.256. The van der Waals surface area contributed by atoms with E-state index in [-0.39, 0.29) is 0 Å². The second kappa shape index (κ2) is 5.72. The molecule has 0 bridgehead atoms. The van der Waals surface area contributed by atoms with Crippen LogP contribution in [0.1, 0.15) is 40.0 Å². The highest BCUT2D eigenvalue weighted by atomic mass is 16.2. The Bertz CT molecular complexity index is 71.1. The van der Waals surface area contributed by atoms with Crippen LogP contribution in [0.15, 0.2) is 0 Å². The van der Waals surface area contributed by atoms with Crippen LogP contribution < -0.4 is 0 Å². The fourth-order valence-corrected chi connectivity index (χ4v) is 1.10. The van der Waals surface area contributed by atoms with Crippen molar-refractivity contribution in [1.82, 2.24) is 0 Å². The van der Waals surface area contributed by atoms with E-state index in [2.05, 4.69) is 20.8 Å². The first-order valence-corrected chi connectivity index (χ1v) is 4.33. The van der Waals surface area contributed by atoms with Crippen LogP contribution >= 0.6 is 0 Å². The molecule has 0 aliphatic heterocycles. The van der Waals surface area contributed by atoms with Gasteiger partial charge in [0.1, 0.15) is 0 Å². The molecule has 0 radical (unpaired) electrons. The van der Waals surface area contributed by atoms with Gasteiger partial charge in [-0.1, -0.05) is 27.2 Å². The third-order valence-corrected chi connectivity index (χ3v) is 2.43. The number of hydrogen-bond donors (Lipinski definition) is 1. The number of rotatable bonds is 5. The Labute approximate surface area is 64.5 Å². The van der Waals surface area contributed by atoms with Gasteiger partial charge in [0.25, 0.3) is 0 Å². The first kappa shape index (κ1) is 9.96. The lowest BCUT2D eigenvalue weighted by Gasteiger charge is -2.16. The molecule has 0 fully saturated rings. The van der Waals surface area contributed by atoms with Crippen LogP contribution in [0.4, 0.5) is 0 Å². The zero-order valence-electron chi connectivity index (χ0n) is 7.43. The summed E-state index contributed by atoms with van der Waals surface area (Å²) in [6.07, 6.45) is 3.39. The van der Waals surface area contributed by atoms with E-state index in [0.717, 1.165) is 18.3 Å². The Balaban J connectivity index is 3.31. The van der Waals surface area contributed by atoms with Crippen molar-refractivity contribution in [3.05, 3.63) is 0 Å². The van der Waals surface area contributed by atoms with Crippen LogP contribution in [0.2, 0.25) is 0 Å². The highest BCUT2D eigenvalue weighted by molar-refractivity contribution is 4.59. The van der Waals surface area contributed by atoms with E-state index in [1.54, 1.807) is 0 Å². The van der Waals surface area contributed by atoms with E-state index in [1.165, 1.54) is 12.8 Å². The highest BCUT2D eigenvalue weighted by Gasteiger charge is 2.08. The molecule has 0 aliphatic rings. The summed E-state index contributed by atoms with van der Waals surface area (Å²) in [6.45, 7) is 7.12. The van der Waals surface area contributed by atoms with Crippen molar-refractivity contribution in [3.8, 4) is 0 Å². The van der Waals surface area contributed by atoms with E-state index >= 15 is 0 Å². The van der Waals surface area contributed by atoms with Crippen molar-refractivity contribution in [1.29, 1.82) is 0 Å². The van der Waals surface area contributed by atoms with Crippen molar-refractivity contribution in [2.75, 3.05) is 6.61 Å². The van der Waals surface area contributed by atoms with E-state index in [9.17, 15) is 0 Å². The highest BCUT2D eigenvalue weighted by Crippen LogP contribution is 2.18. The van der Waals surface area contributed by atoms with Crippen molar-refractivity contribution in [2.24, 2.45) is 11.8 Å². The van der Waals surface area contributed by atoms with Crippen LogP contribution in [0.25, 0.3) is 0 Å². The molecule has 10 heavy (non-hydrogen) atoms. The summed E-state index contributed by atoms with van der Waals surface area (Å²) in [4.78, 5) is 0. The molecule has 1 nitrogen and oxygen atoms in total. The Morgan fingerprint density at radius 1 is 1.20 bits per heavy atom. The maximum absolute atomic E-state index is 8.57. The molecule has 1 heteroatoms. The average molecular weight is 144 g/mol. The van der Waals surface area contributed by atoms with Gasteiger partial charge in [-0.15, -0.1) is 0 Å². The maximum Gasteiger partial charge on any atom is 0.0431 e. The smallest absolute Gasteiger partial charge is 0.0431 e. The average Bonchev–Trinajstić information content (AvgIpc) is 1.98. The molecule has 1 N–H and O–H groups in total. The Hall–Kier alpha value is -0.0400. The predicted molar refractivity (Wildman–Crippen MR) is 44.9 cm³/mol. The molecule has 0 heterocycles. The van der Waals surface area contributed by atoms with Crippen LogP contribution in [-0.4, -0.2) is 11.7 Å². The van der Waals surface area contributed by atoms with Gasteiger partial charge < -0.3 is 5.11 Å². The number of aliphatic hydroxyl groups is 1. The maximum atomic E-state index is 8.57. The molecule has 0 amide bonds.